The predicted octanol–water partition coefficient (Wildman–Crippen LogP) is 1.93. The van der Waals surface area contributed by atoms with Gasteiger partial charge in [0, 0.05) is 50.5 Å². The fourth-order valence-corrected chi connectivity index (χ4v) is 2.72. The molecule has 0 aromatic carbocycles. The molecule has 25 heavy (non-hydrogen) atoms. The van der Waals surface area contributed by atoms with Gasteiger partial charge in [0.2, 0.25) is 0 Å². The van der Waals surface area contributed by atoms with Crippen LogP contribution in [0, 0.1) is 5.92 Å². The maximum absolute atomic E-state index is 4.79. The van der Waals surface area contributed by atoms with Crippen LogP contribution in [-0.2, 0) is 6.54 Å². The molecule has 1 fully saturated rings. The van der Waals surface area contributed by atoms with E-state index in [0.717, 1.165) is 44.5 Å². The molecule has 0 aliphatic carbocycles. The van der Waals surface area contributed by atoms with Crippen LogP contribution < -0.4 is 15.5 Å². The molecule has 1 aromatic rings. The SMILES string of the molecule is CCNC(=NCc1cccnc1N1CCN(C)CC1)NC(C)C(C)C. The first kappa shape index (κ1) is 19.5. The van der Waals surface area contributed by atoms with Crippen LogP contribution in [0.15, 0.2) is 23.3 Å². The molecule has 0 bridgehead atoms. The summed E-state index contributed by atoms with van der Waals surface area (Å²) >= 11 is 0. The van der Waals surface area contributed by atoms with E-state index in [0.29, 0.717) is 18.5 Å². The zero-order valence-corrected chi connectivity index (χ0v) is 16.4. The van der Waals surface area contributed by atoms with Crippen molar-refractivity contribution in [1.82, 2.24) is 20.5 Å². The maximum Gasteiger partial charge on any atom is 0.191 e. The molecule has 1 unspecified atom stereocenters. The molecule has 1 saturated heterocycles. The number of nitrogens with one attached hydrogen (secondary N) is 2. The lowest BCUT2D eigenvalue weighted by atomic mass is 10.1. The minimum absolute atomic E-state index is 0.379. The number of hydrogen-bond donors (Lipinski definition) is 2. The van der Waals surface area contributed by atoms with Crippen molar-refractivity contribution in [2.45, 2.75) is 40.3 Å². The average Bonchev–Trinajstić information content (AvgIpc) is 2.60. The molecule has 1 aliphatic heterocycles. The fraction of sp³-hybridized carbons (Fsp3) is 0.684. The Balaban J connectivity index is 2.09. The molecule has 2 N–H and O–H groups in total. The molecule has 1 aliphatic rings. The van der Waals surface area contributed by atoms with Crippen LogP contribution in [-0.4, -0.2) is 61.7 Å². The van der Waals surface area contributed by atoms with E-state index in [1.807, 2.05) is 12.3 Å². The molecule has 1 aromatic heterocycles. The minimum atomic E-state index is 0.379. The highest BCUT2D eigenvalue weighted by Gasteiger charge is 2.18. The second-order valence-electron chi connectivity index (χ2n) is 7.15. The van der Waals surface area contributed by atoms with Gasteiger partial charge in [-0.2, -0.15) is 0 Å². The summed E-state index contributed by atoms with van der Waals surface area (Å²) in [6.07, 6.45) is 1.88. The van der Waals surface area contributed by atoms with Gasteiger partial charge in [0.1, 0.15) is 5.82 Å². The summed E-state index contributed by atoms with van der Waals surface area (Å²) in [7, 11) is 2.17. The van der Waals surface area contributed by atoms with Gasteiger partial charge < -0.3 is 20.4 Å². The van der Waals surface area contributed by atoms with Gasteiger partial charge in [-0.05, 0) is 32.9 Å². The molecule has 2 heterocycles. The normalized spacial score (nSPS) is 17.7. The van der Waals surface area contributed by atoms with Crippen molar-refractivity contribution in [3.05, 3.63) is 23.9 Å². The Morgan fingerprint density at radius 2 is 1.96 bits per heavy atom. The van der Waals surface area contributed by atoms with E-state index >= 15 is 0 Å². The molecule has 0 saturated carbocycles. The maximum atomic E-state index is 4.79. The summed E-state index contributed by atoms with van der Waals surface area (Å²) in [4.78, 5) is 14.2. The van der Waals surface area contributed by atoms with Gasteiger partial charge in [-0.1, -0.05) is 19.9 Å². The Morgan fingerprint density at radius 3 is 2.60 bits per heavy atom. The Bertz CT molecular complexity index is 549. The highest BCUT2D eigenvalue weighted by molar-refractivity contribution is 5.80. The second-order valence-corrected chi connectivity index (χ2v) is 7.15. The van der Waals surface area contributed by atoms with Crippen LogP contribution in [0.2, 0.25) is 0 Å². The van der Waals surface area contributed by atoms with E-state index in [4.69, 9.17) is 4.99 Å². The highest BCUT2D eigenvalue weighted by atomic mass is 15.3. The molecular formula is C19H34N6. The average molecular weight is 347 g/mol. The van der Waals surface area contributed by atoms with Crippen molar-refractivity contribution in [2.24, 2.45) is 10.9 Å². The van der Waals surface area contributed by atoms with Crippen LogP contribution in [0.5, 0.6) is 0 Å². The molecule has 6 heteroatoms. The summed E-state index contributed by atoms with van der Waals surface area (Å²) in [5, 5.41) is 6.83. The van der Waals surface area contributed by atoms with Crippen LogP contribution in [0.4, 0.5) is 5.82 Å². The number of anilines is 1. The van der Waals surface area contributed by atoms with Crippen molar-refractivity contribution in [1.29, 1.82) is 0 Å². The van der Waals surface area contributed by atoms with Gasteiger partial charge in [-0.25, -0.2) is 9.98 Å². The third-order valence-electron chi connectivity index (χ3n) is 4.79. The van der Waals surface area contributed by atoms with Gasteiger partial charge >= 0.3 is 0 Å². The standard InChI is InChI=1S/C19H34N6/c1-6-20-19(23-16(4)15(2)3)22-14-17-8-7-9-21-18(17)25-12-10-24(5)11-13-25/h7-9,15-16H,6,10-14H2,1-5H3,(H2,20,22,23). The van der Waals surface area contributed by atoms with E-state index in [1.165, 1.54) is 5.56 Å². The van der Waals surface area contributed by atoms with Crippen LogP contribution in [0.1, 0.15) is 33.3 Å². The molecule has 1 atom stereocenters. The Hall–Kier alpha value is -1.82. The molecule has 2 rings (SSSR count). The van der Waals surface area contributed by atoms with Crippen molar-refractivity contribution >= 4 is 11.8 Å². The molecule has 0 amide bonds. The summed E-state index contributed by atoms with van der Waals surface area (Å²) < 4.78 is 0. The Labute approximate surface area is 152 Å². The molecule has 0 radical (unpaired) electrons. The Kier molecular flexibility index (Phi) is 7.50. The number of guanidine groups is 1. The van der Waals surface area contributed by atoms with Gasteiger partial charge in [0.25, 0.3) is 0 Å². The predicted molar refractivity (Wildman–Crippen MR) is 106 cm³/mol. The third-order valence-corrected chi connectivity index (χ3v) is 4.79. The Morgan fingerprint density at radius 1 is 1.24 bits per heavy atom. The van der Waals surface area contributed by atoms with Gasteiger partial charge in [0.15, 0.2) is 5.96 Å². The summed E-state index contributed by atoms with van der Waals surface area (Å²) in [5.41, 5.74) is 1.18. The number of aliphatic imine (C=N–C) groups is 1. The first-order valence-corrected chi connectivity index (χ1v) is 9.43. The number of nitrogens with zero attached hydrogens (tertiary/aromatic N) is 4. The second kappa shape index (κ2) is 9.61. The molecule has 6 nitrogen and oxygen atoms in total. The molecule has 0 spiro atoms. The van der Waals surface area contributed by atoms with Gasteiger partial charge in [-0.15, -0.1) is 0 Å². The minimum Gasteiger partial charge on any atom is -0.357 e. The quantitative estimate of drug-likeness (QED) is 0.609. The smallest absolute Gasteiger partial charge is 0.191 e. The van der Waals surface area contributed by atoms with Crippen LogP contribution in [0.25, 0.3) is 0 Å². The highest BCUT2D eigenvalue weighted by Crippen LogP contribution is 2.19. The zero-order valence-electron chi connectivity index (χ0n) is 16.4. The number of likely N-dealkylation sites (N-methyl/N-ethyl adjacent to an activating group) is 1. The van der Waals surface area contributed by atoms with Crippen molar-refractivity contribution in [3.63, 3.8) is 0 Å². The van der Waals surface area contributed by atoms with E-state index in [2.05, 4.69) is 66.2 Å². The topological polar surface area (TPSA) is 55.8 Å². The lowest BCUT2D eigenvalue weighted by molar-refractivity contribution is 0.312. The number of aromatic nitrogens is 1. The van der Waals surface area contributed by atoms with Crippen molar-refractivity contribution in [2.75, 3.05) is 44.7 Å². The summed E-state index contributed by atoms with van der Waals surface area (Å²) in [6.45, 7) is 14.4. The number of pyridine rings is 1. The van der Waals surface area contributed by atoms with Crippen molar-refractivity contribution in [3.8, 4) is 0 Å². The van der Waals surface area contributed by atoms with E-state index < -0.39 is 0 Å². The van der Waals surface area contributed by atoms with Gasteiger partial charge in [0.05, 0.1) is 6.54 Å². The van der Waals surface area contributed by atoms with Crippen LogP contribution >= 0.6 is 0 Å². The monoisotopic (exact) mass is 346 g/mol. The van der Waals surface area contributed by atoms with E-state index in [1.54, 1.807) is 0 Å². The van der Waals surface area contributed by atoms with Gasteiger partial charge in [-0.3, -0.25) is 0 Å². The zero-order chi connectivity index (χ0) is 18.2. The lowest BCUT2D eigenvalue weighted by Gasteiger charge is -2.34. The molecule has 140 valence electrons. The van der Waals surface area contributed by atoms with Crippen molar-refractivity contribution < 1.29 is 0 Å². The lowest BCUT2D eigenvalue weighted by Crippen LogP contribution is -2.45. The van der Waals surface area contributed by atoms with Crippen LogP contribution in [0.3, 0.4) is 0 Å². The largest absolute Gasteiger partial charge is 0.357 e. The van der Waals surface area contributed by atoms with E-state index in [-0.39, 0.29) is 0 Å². The summed E-state index contributed by atoms with van der Waals surface area (Å²) in [5.74, 6) is 2.51. The number of piperazine rings is 1. The number of rotatable bonds is 6. The molecular weight excluding hydrogens is 312 g/mol. The fourth-order valence-electron chi connectivity index (χ4n) is 2.72. The summed E-state index contributed by atoms with van der Waals surface area (Å²) in [6, 6.07) is 4.52. The number of hydrogen-bond acceptors (Lipinski definition) is 4. The first-order valence-electron chi connectivity index (χ1n) is 9.43. The third kappa shape index (κ3) is 5.88. The van der Waals surface area contributed by atoms with E-state index in [9.17, 15) is 0 Å². The first-order chi connectivity index (χ1) is 12.0.